The van der Waals surface area contributed by atoms with Gasteiger partial charge in [-0.1, -0.05) is 17.7 Å². The minimum absolute atomic E-state index is 0.0910. The van der Waals surface area contributed by atoms with Gasteiger partial charge in [0.2, 0.25) is 10.0 Å². The van der Waals surface area contributed by atoms with E-state index in [0.29, 0.717) is 5.69 Å². The molecule has 1 unspecified atom stereocenters. The number of nitrogens with zero attached hydrogens (tertiary/aromatic N) is 1. The van der Waals surface area contributed by atoms with Gasteiger partial charge in [-0.15, -0.1) is 0 Å². The van der Waals surface area contributed by atoms with Crippen molar-refractivity contribution in [3.63, 3.8) is 0 Å². The molecule has 1 heterocycles. The first kappa shape index (κ1) is 14.9. The Balaban J connectivity index is 2.25. The van der Waals surface area contributed by atoms with Crippen molar-refractivity contribution in [3.05, 3.63) is 59.1 Å². The molecule has 0 amide bonds. The number of halogens is 2. The summed E-state index contributed by atoms with van der Waals surface area (Å²) in [5, 5.41) is -0.238. The summed E-state index contributed by atoms with van der Waals surface area (Å²) >= 11 is 5.59. The Morgan fingerprint density at radius 2 is 2.05 bits per heavy atom. The molecule has 1 aromatic heterocycles. The van der Waals surface area contributed by atoms with E-state index in [0.717, 1.165) is 18.2 Å². The zero-order valence-corrected chi connectivity index (χ0v) is 12.1. The van der Waals surface area contributed by atoms with Gasteiger partial charge in [0.15, 0.2) is 0 Å². The summed E-state index contributed by atoms with van der Waals surface area (Å²) in [6, 6.07) is 7.96. The lowest BCUT2D eigenvalue weighted by Gasteiger charge is -2.13. The maximum absolute atomic E-state index is 13.1. The fourth-order valence-electron chi connectivity index (χ4n) is 1.64. The monoisotopic (exact) mass is 314 g/mol. The lowest BCUT2D eigenvalue weighted by atomic mass is 10.2. The molecule has 0 aliphatic heterocycles. The van der Waals surface area contributed by atoms with Gasteiger partial charge in [0, 0.05) is 6.20 Å². The van der Waals surface area contributed by atoms with Crippen LogP contribution < -0.4 is 4.72 Å². The zero-order valence-electron chi connectivity index (χ0n) is 10.5. The van der Waals surface area contributed by atoms with Crippen LogP contribution in [-0.2, 0) is 10.0 Å². The molecule has 0 aliphatic carbocycles. The molecule has 0 saturated carbocycles. The van der Waals surface area contributed by atoms with Crippen molar-refractivity contribution in [1.29, 1.82) is 0 Å². The lowest BCUT2D eigenvalue weighted by molar-refractivity contribution is 0.563. The zero-order chi connectivity index (χ0) is 14.8. The van der Waals surface area contributed by atoms with Crippen LogP contribution in [0.5, 0.6) is 0 Å². The maximum atomic E-state index is 13.1. The van der Waals surface area contributed by atoms with Crippen LogP contribution in [-0.4, -0.2) is 13.4 Å². The highest BCUT2D eigenvalue weighted by Gasteiger charge is 2.20. The molecule has 0 bridgehead atoms. The second-order valence-corrected chi connectivity index (χ2v) is 6.29. The summed E-state index contributed by atoms with van der Waals surface area (Å²) in [5.74, 6) is -0.664. The Labute approximate surface area is 121 Å². The first-order valence-corrected chi connectivity index (χ1v) is 7.64. The molecular weight excluding hydrogens is 303 g/mol. The fraction of sp³-hybridized carbons (Fsp3) is 0.154. The van der Waals surface area contributed by atoms with Crippen LogP contribution in [0.25, 0.3) is 0 Å². The van der Waals surface area contributed by atoms with Crippen molar-refractivity contribution >= 4 is 21.6 Å². The third-order valence-electron chi connectivity index (χ3n) is 2.66. The van der Waals surface area contributed by atoms with E-state index in [1.165, 1.54) is 0 Å². The molecule has 2 rings (SSSR count). The van der Waals surface area contributed by atoms with Crippen molar-refractivity contribution in [2.75, 3.05) is 0 Å². The molecule has 20 heavy (non-hydrogen) atoms. The maximum Gasteiger partial charge on any atom is 0.241 e. The first-order chi connectivity index (χ1) is 9.40. The number of hydrogen-bond acceptors (Lipinski definition) is 3. The van der Waals surface area contributed by atoms with Crippen molar-refractivity contribution < 1.29 is 12.8 Å². The third kappa shape index (κ3) is 3.33. The summed E-state index contributed by atoms with van der Waals surface area (Å²) < 4.78 is 39.8. The smallest absolute Gasteiger partial charge is 0.241 e. The van der Waals surface area contributed by atoms with Gasteiger partial charge < -0.3 is 0 Å². The molecule has 7 heteroatoms. The van der Waals surface area contributed by atoms with E-state index in [9.17, 15) is 12.8 Å². The topological polar surface area (TPSA) is 59.1 Å². The SMILES string of the molecule is CC(NS(=O)(=O)c1ccc(F)c(Cl)c1)c1ccccn1. The number of aromatic nitrogens is 1. The molecular formula is C13H12ClFN2O2S. The van der Waals surface area contributed by atoms with Crippen molar-refractivity contribution in [2.24, 2.45) is 0 Å². The van der Waals surface area contributed by atoms with E-state index in [-0.39, 0.29) is 9.92 Å². The highest BCUT2D eigenvalue weighted by atomic mass is 35.5. The Kier molecular flexibility index (Phi) is 4.37. The van der Waals surface area contributed by atoms with Crippen LogP contribution in [0.3, 0.4) is 0 Å². The molecule has 0 saturated heterocycles. The summed E-state index contributed by atoms with van der Waals surface area (Å²) in [5.41, 5.74) is 0.587. The van der Waals surface area contributed by atoms with E-state index >= 15 is 0 Å². The Hall–Kier alpha value is -1.50. The predicted molar refractivity (Wildman–Crippen MR) is 74.4 cm³/mol. The summed E-state index contributed by atoms with van der Waals surface area (Å²) in [4.78, 5) is 3.98. The Morgan fingerprint density at radius 1 is 1.30 bits per heavy atom. The van der Waals surface area contributed by atoms with Gasteiger partial charge in [0.05, 0.1) is 21.7 Å². The molecule has 2 aromatic rings. The lowest BCUT2D eigenvalue weighted by Crippen LogP contribution is -2.27. The van der Waals surface area contributed by atoms with Gasteiger partial charge in [0.25, 0.3) is 0 Å². The largest absolute Gasteiger partial charge is 0.260 e. The van der Waals surface area contributed by atoms with Gasteiger partial charge in [-0.2, -0.15) is 0 Å². The Bertz CT molecular complexity index is 708. The second kappa shape index (κ2) is 5.87. The molecule has 1 N–H and O–H groups in total. The number of hydrogen-bond donors (Lipinski definition) is 1. The van der Waals surface area contributed by atoms with Gasteiger partial charge in [-0.3, -0.25) is 4.98 Å². The number of pyridine rings is 1. The average molecular weight is 315 g/mol. The van der Waals surface area contributed by atoms with Crippen molar-refractivity contribution in [1.82, 2.24) is 9.71 Å². The van der Waals surface area contributed by atoms with Gasteiger partial charge >= 0.3 is 0 Å². The quantitative estimate of drug-likeness (QED) is 0.944. The highest BCUT2D eigenvalue weighted by molar-refractivity contribution is 7.89. The average Bonchev–Trinajstić information content (AvgIpc) is 2.42. The highest BCUT2D eigenvalue weighted by Crippen LogP contribution is 2.21. The molecule has 0 spiro atoms. The van der Waals surface area contributed by atoms with Crippen LogP contribution in [0.1, 0.15) is 18.7 Å². The molecule has 0 fully saturated rings. The Morgan fingerprint density at radius 3 is 2.65 bits per heavy atom. The van der Waals surface area contributed by atoms with Crippen molar-refractivity contribution in [2.45, 2.75) is 17.9 Å². The van der Waals surface area contributed by atoms with E-state index in [4.69, 9.17) is 11.6 Å². The molecule has 106 valence electrons. The normalized spacial score (nSPS) is 13.2. The molecule has 1 aromatic carbocycles. The number of sulfonamides is 1. The molecule has 0 radical (unpaired) electrons. The van der Waals surface area contributed by atoms with Crippen LogP contribution in [0.4, 0.5) is 4.39 Å². The number of nitrogens with one attached hydrogen (secondary N) is 1. The minimum atomic E-state index is -3.79. The van der Waals surface area contributed by atoms with Crippen LogP contribution >= 0.6 is 11.6 Å². The number of rotatable bonds is 4. The van der Waals surface area contributed by atoms with E-state index in [1.54, 1.807) is 31.3 Å². The fourth-order valence-corrected chi connectivity index (χ4v) is 3.12. The first-order valence-electron chi connectivity index (χ1n) is 5.78. The molecule has 0 aliphatic rings. The summed E-state index contributed by atoms with van der Waals surface area (Å²) in [6.45, 7) is 1.67. The molecule has 4 nitrogen and oxygen atoms in total. The summed E-state index contributed by atoms with van der Waals surface area (Å²) in [6.07, 6.45) is 1.58. The number of benzene rings is 1. The second-order valence-electron chi connectivity index (χ2n) is 4.17. The van der Waals surface area contributed by atoms with Gasteiger partial charge in [0.1, 0.15) is 5.82 Å². The van der Waals surface area contributed by atoms with Crippen LogP contribution in [0.2, 0.25) is 5.02 Å². The standard InChI is InChI=1S/C13H12ClFN2O2S/c1-9(13-4-2-3-7-16-13)17-20(18,19)10-5-6-12(15)11(14)8-10/h2-9,17H,1H3. The summed E-state index contributed by atoms with van der Waals surface area (Å²) in [7, 11) is -3.79. The minimum Gasteiger partial charge on any atom is -0.260 e. The van der Waals surface area contributed by atoms with Crippen LogP contribution in [0.15, 0.2) is 47.5 Å². The van der Waals surface area contributed by atoms with Gasteiger partial charge in [-0.25, -0.2) is 17.5 Å². The van der Waals surface area contributed by atoms with Crippen LogP contribution in [0, 0.1) is 5.82 Å². The van der Waals surface area contributed by atoms with Gasteiger partial charge in [-0.05, 0) is 37.3 Å². The molecule has 1 atom stereocenters. The predicted octanol–water partition coefficient (Wildman–Crippen LogP) is 2.91. The van der Waals surface area contributed by atoms with E-state index in [2.05, 4.69) is 9.71 Å². The van der Waals surface area contributed by atoms with E-state index in [1.807, 2.05) is 0 Å². The third-order valence-corrected chi connectivity index (χ3v) is 4.49. The van der Waals surface area contributed by atoms with Crippen molar-refractivity contribution in [3.8, 4) is 0 Å². The van der Waals surface area contributed by atoms with E-state index < -0.39 is 21.9 Å².